The average molecular weight is 446 g/mol. The Bertz CT molecular complexity index is 1120. The third-order valence-electron chi connectivity index (χ3n) is 4.25. The van der Waals surface area contributed by atoms with Crippen molar-refractivity contribution in [2.24, 2.45) is 0 Å². The van der Waals surface area contributed by atoms with E-state index in [-0.39, 0.29) is 18.7 Å². The number of halogens is 1. The fourth-order valence-corrected chi connectivity index (χ4v) is 3.94. The van der Waals surface area contributed by atoms with Crippen molar-refractivity contribution < 1.29 is 17.5 Å². The molecule has 31 heavy (non-hydrogen) atoms. The van der Waals surface area contributed by atoms with Gasteiger partial charge in [-0.05, 0) is 37.3 Å². The molecule has 0 aliphatic carbocycles. The SMILES string of the molecule is COc1ccc(Nc2cc(C)nc(NCCNS(=O)(=O)Cc3ccccc3F)n2)cc1. The minimum Gasteiger partial charge on any atom is -0.497 e. The molecular weight excluding hydrogens is 421 g/mol. The Morgan fingerprint density at radius 3 is 2.48 bits per heavy atom. The first kappa shape index (κ1) is 22.4. The third-order valence-corrected chi connectivity index (χ3v) is 5.59. The second-order valence-electron chi connectivity index (χ2n) is 6.74. The summed E-state index contributed by atoms with van der Waals surface area (Å²) in [5.41, 5.74) is 1.71. The van der Waals surface area contributed by atoms with Crippen molar-refractivity contribution in [2.75, 3.05) is 30.8 Å². The molecule has 0 aliphatic rings. The summed E-state index contributed by atoms with van der Waals surface area (Å²) in [6.07, 6.45) is 0. The number of ether oxygens (including phenoxy) is 1. The third kappa shape index (κ3) is 6.90. The maximum atomic E-state index is 13.7. The maximum Gasteiger partial charge on any atom is 0.224 e. The van der Waals surface area contributed by atoms with Gasteiger partial charge in [-0.1, -0.05) is 18.2 Å². The van der Waals surface area contributed by atoms with Gasteiger partial charge in [-0.2, -0.15) is 4.98 Å². The number of nitrogens with one attached hydrogen (secondary N) is 3. The predicted molar refractivity (Wildman–Crippen MR) is 119 cm³/mol. The molecular formula is C21H24FN5O3S. The lowest BCUT2D eigenvalue weighted by Crippen LogP contribution is -2.30. The zero-order valence-electron chi connectivity index (χ0n) is 17.2. The first-order valence-electron chi connectivity index (χ1n) is 9.56. The van der Waals surface area contributed by atoms with E-state index in [2.05, 4.69) is 25.3 Å². The van der Waals surface area contributed by atoms with E-state index >= 15 is 0 Å². The molecule has 3 N–H and O–H groups in total. The first-order valence-corrected chi connectivity index (χ1v) is 11.2. The molecule has 1 heterocycles. The molecule has 3 aromatic rings. The highest BCUT2D eigenvalue weighted by Gasteiger charge is 2.13. The molecule has 0 aliphatic heterocycles. The van der Waals surface area contributed by atoms with Crippen LogP contribution in [-0.4, -0.2) is 38.6 Å². The summed E-state index contributed by atoms with van der Waals surface area (Å²) in [6.45, 7) is 2.21. The summed E-state index contributed by atoms with van der Waals surface area (Å²) in [4.78, 5) is 8.70. The van der Waals surface area contributed by atoms with Crippen LogP contribution in [0.5, 0.6) is 5.75 Å². The van der Waals surface area contributed by atoms with Crippen molar-refractivity contribution in [3.8, 4) is 5.75 Å². The lowest BCUT2D eigenvalue weighted by atomic mass is 10.2. The van der Waals surface area contributed by atoms with Crippen molar-refractivity contribution in [2.45, 2.75) is 12.7 Å². The van der Waals surface area contributed by atoms with Crippen LogP contribution in [0.3, 0.4) is 0 Å². The van der Waals surface area contributed by atoms with E-state index in [9.17, 15) is 12.8 Å². The molecule has 0 amide bonds. The Balaban J connectivity index is 1.53. The number of nitrogens with zero attached hydrogens (tertiary/aromatic N) is 2. The largest absolute Gasteiger partial charge is 0.497 e. The minimum atomic E-state index is -3.67. The van der Waals surface area contributed by atoms with Gasteiger partial charge in [0, 0.05) is 36.1 Å². The first-order chi connectivity index (χ1) is 14.8. The van der Waals surface area contributed by atoms with E-state index in [1.165, 1.54) is 18.2 Å². The molecule has 0 bridgehead atoms. The second kappa shape index (κ2) is 10.2. The molecule has 0 spiro atoms. The average Bonchev–Trinajstić information content (AvgIpc) is 2.73. The molecule has 3 rings (SSSR count). The maximum absolute atomic E-state index is 13.7. The standard InChI is InChI=1S/C21H24FN5O3S/c1-15-13-20(26-17-7-9-18(30-2)10-8-17)27-21(25-15)23-11-12-24-31(28,29)14-16-5-3-4-6-19(16)22/h3-10,13,24H,11-12,14H2,1-2H3,(H2,23,25,26,27). The number of aromatic nitrogens is 2. The van der Waals surface area contributed by atoms with Gasteiger partial charge in [0.1, 0.15) is 17.4 Å². The number of sulfonamides is 1. The summed E-state index contributed by atoms with van der Waals surface area (Å²) < 4.78 is 45.6. The van der Waals surface area contributed by atoms with Crippen molar-refractivity contribution in [3.63, 3.8) is 0 Å². The Morgan fingerprint density at radius 2 is 1.77 bits per heavy atom. The topological polar surface area (TPSA) is 105 Å². The van der Waals surface area contributed by atoms with Crippen LogP contribution in [0, 0.1) is 12.7 Å². The molecule has 1 aromatic heterocycles. The fraction of sp³-hybridized carbons (Fsp3) is 0.238. The lowest BCUT2D eigenvalue weighted by molar-refractivity contribution is 0.415. The van der Waals surface area contributed by atoms with E-state index in [4.69, 9.17) is 4.74 Å². The highest BCUT2D eigenvalue weighted by atomic mass is 32.2. The number of methoxy groups -OCH3 is 1. The molecule has 164 valence electrons. The Morgan fingerprint density at radius 1 is 1.03 bits per heavy atom. The van der Waals surface area contributed by atoms with Crippen LogP contribution < -0.4 is 20.1 Å². The molecule has 0 atom stereocenters. The number of aryl methyl sites for hydroxylation is 1. The van der Waals surface area contributed by atoms with Crippen LogP contribution in [0.1, 0.15) is 11.3 Å². The van der Waals surface area contributed by atoms with Crippen molar-refractivity contribution in [1.29, 1.82) is 0 Å². The molecule has 0 unspecified atom stereocenters. The molecule has 2 aromatic carbocycles. The Kier molecular flexibility index (Phi) is 7.37. The van der Waals surface area contributed by atoms with Crippen LogP contribution in [-0.2, 0) is 15.8 Å². The zero-order chi connectivity index (χ0) is 22.3. The van der Waals surface area contributed by atoms with Crippen molar-refractivity contribution in [1.82, 2.24) is 14.7 Å². The second-order valence-corrected chi connectivity index (χ2v) is 8.55. The van der Waals surface area contributed by atoms with Gasteiger partial charge in [-0.3, -0.25) is 0 Å². The number of hydrogen-bond donors (Lipinski definition) is 3. The molecule has 8 nitrogen and oxygen atoms in total. The van der Waals surface area contributed by atoms with E-state index in [0.29, 0.717) is 11.8 Å². The van der Waals surface area contributed by atoms with Crippen LogP contribution in [0.2, 0.25) is 0 Å². The quantitative estimate of drug-likeness (QED) is 0.412. The molecule has 10 heteroatoms. The summed E-state index contributed by atoms with van der Waals surface area (Å²) in [6, 6.07) is 15.0. The van der Waals surface area contributed by atoms with E-state index in [1.54, 1.807) is 19.2 Å². The van der Waals surface area contributed by atoms with Crippen LogP contribution in [0.4, 0.5) is 21.8 Å². The Hall–Kier alpha value is -3.24. The van der Waals surface area contributed by atoms with Gasteiger partial charge < -0.3 is 15.4 Å². The summed E-state index contributed by atoms with van der Waals surface area (Å²) in [7, 11) is -2.06. The molecule has 0 fully saturated rings. The van der Waals surface area contributed by atoms with Gasteiger partial charge in [0.2, 0.25) is 16.0 Å². The van der Waals surface area contributed by atoms with Gasteiger partial charge in [0.25, 0.3) is 0 Å². The number of hydrogen-bond acceptors (Lipinski definition) is 7. The number of benzene rings is 2. The summed E-state index contributed by atoms with van der Waals surface area (Å²) in [5.74, 6) is 0.751. The minimum absolute atomic E-state index is 0.106. The number of anilines is 3. The van der Waals surface area contributed by atoms with Gasteiger partial charge >= 0.3 is 0 Å². The normalized spacial score (nSPS) is 11.2. The molecule has 0 radical (unpaired) electrons. The molecule has 0 saturated carbocycles. The monoisotopic (exact) mass is 445 g/mol. The van der Waals surface area contributed by atoms with Crippen molar-refractivity contribution in [3.05, 3.63) is 71.7 Å². The van der Waals surface area contributed by atoms with Gasteiger partial charge in [-0.25, -0.2) is 22.5 Å². The number of rotatable bonds is 10. The van der Waals surface area contributed by atoms with Gasteiger partial charge in [-0.15, -0.1) is 0 Å². The molecule has 0 saturated heterocycles. The van der Waals surface area contributed by atoms with Crippen molar-refractivity contribution >= 4 is 27.5 Å². The Labute approximate surface area is 180 Å². The van der Waals surface area contributed by atoms with Gasteiger partial charge in [0.05, 0.1) is 12.9 Å². The zero-order valence-corrected chi connectivity index (χ0v) is 18.0. The summed E-state index contributed by atoms with van der Waals surface area (Å²) in [5, 5.41) is 6.18. The van der Waals surface area contributed by atoms with Crippen LogP contribution in [0.15, 0.2) is 54.6 Å². The summed E-state index contributed by atoms with van der Waals surface area (Å²) >= 11 is 0. The predicted octanol–water partition coefficient (Wildman–Crippen LogP) is 3.21. The lowest BCUT2D eigenvalue weighted by Gasteiger charge is -2.11. The fourth-order valence-electron chi connectivity index (χ4n) is 2.79. The highest BCUT2D eigenvalue weighted by Crippen LogP contribution is 2.20. The van der Waals surface area contributed by atoms with E-state index < -0.39 is 21.6 Å². The van der Waals surface area contributed by atoms with Crippen LogP contribution in [0.25, 0.3) is 0 Å². The van der Waals surface area contributed by atoms with E-state index in [0.717, 1.165) is 17.1 Å². The van der Waals surface area contributed by atoms with Gasteiger partial charge in [0.15, 0.2) is 0 Å². The van der Waals surface area contributed by atoms with Crippen LogP contribution >= 0.6 is 0 Å². The highest BCUT2D eigenvalue weighted by molar-refractivity contribution is 7.88. The smallest absolute Gasteiger partial charge is 0.224 e. The van der Waals surface area contributed by atoms with E-state index in [1.807, 2.05) is 31.2 Å².